The van der Waals surface area contributed by atoms with Crippen molar-refractivity contribution >= 4 is 39.5 Å². The van der Waals surface area contributed by atoms with E-state index in [4.69, 9.17) is 37.0 Å². The third kappa shape index (κ3) is 84.5. The summed E-state index contributed by atoms with van der Waals surface area (Å²) in [6.07, 6.45) is 79.5. The first-order valence-electron chi connectivity index (χ1n) is 48.0. The number of aliphatic hydroxyl groups is 1. The maximum absolute atomic E-state index is 13.2. The molecular formula is C93H182O17P2. The monoisotopic (exact) mass is 1630 g/mol. The first-order valence-corrected chi connectivity index (χ1v) is 51.0. The Labute approximate surface area is 689 Å². The fraction of sp³-hybridized carbons (Fsp3) is 0.957. The van der Waals surface area contributed by atoms with Crippen molar-refractivity contribution in [1.29, 1.82) is 0 Å². The van der Waals surface area contributed by atoms with Gasteiger partial charge in [0.2, 0.25) is 0 Å². The van der Waals surface area contributed by atoms with Gasteiger partial charge in [-0.2, -0.15) is 0 Å². The Kier molecular flexibility index (Phi) is 82.6. The first kappa shape index (κ1) is 110. The Morgan fingerprint density at radius 2 is 0.455 bits per heavy atom. The molecule has 0 aromatic rings. The molecule has 0 saturated heterocycles. The Morgan fingerprint density at radius 1 is 0.259 bits per heavy atom. The number of carbonyl (C=O) groups is 4. The SMILES string of the molecule is CCCCCCCCCCCCCCCCCCCCCCCCC(=O)O[C@H](COC(=O)CCCCCCCCCCCCCCCCCCCCCCC)COP(=O)(O)OC[C@@H](O)COP(=O)(O)OC[C@@H](COC(=O)CCCCCCCCC(C)CC)OC(=O)CCCCCCCCCCCCCCCCCCC(C)C. The Hall–Kier alpha value is -1.94. The third-order valence-electron chi connectivity index (χ3n) is 22.3. The van der Waals surface area contributed by atoms with Gasteiger partial charge in [0.15, 0.2) is 12.2 Å². The molecule has 666 valence electrons. The van der Waals surface area contributed by atoms with Gasteiger partial charge in [-0.1, -0.05) is 452 Å². The van der Waals surface area contributed by atoms with Crippen LogP contribution < -0.4 is 0 Å². The summed E-state index contributed by atoms with van der Waals surface area (Å²) in [5, 5.41) is 10.7. The number of hydrogen-bond donors (Lipinski definition) is 3. The van der Waals surface area contributed by atoms with Crippen LogP contribution in [0.4, 0.5) is 0 Å². The minimum atomic E-state index is -4.97. The third-order valence-corrected chi connectivity index (χ3v) is 24.2. The van der Waals surface area contributed by atoms with E-state index in [2.05, 4.69) is 41.5 Å². The number of hydrogen-bond acceptors (Lipinski definition) is 15. The van der Waals surface area contributed by atoms with Crippen molar-refractivity contribution in [3.05, 3.63) is 0 Å². The van der Waals surface area contributed by atoms with Crippen LogP contribution in [0.2, 0.25) is 0 Å². The highest BCUT2D eigenvalue weighted by Gasteiger charge is 2.31. The van der Waals surface area contributed by atoms with Gasteiger partial charge in [0.1, 0.15) is 19.3 Å². The number of esters is 4. The zero-order valence-electron chi connectivity index (χ0n) is 74.0. The zero-order valence-corrected chi connectivity index (χ0v) is 75.8. The minimum Gasteiger partial charge on any atom is -0.462 e. The molecule has 3 N–H and O–H groups in total. The molecular weight excluding hydrogens is 1450 g/mol. The Morgan fingerprint density at radius 3 is 0.679 bits per heavy atom. The Bertz CT molecular complexity index is 2130. The summed E-state index contributed by atoms with van der Waals surface area (Å²) in [4.78, 5) is 73.4. The number of unbranched alkanes of at least 4 members (excludes halogenated alkanes) is 61. The van der Waals surface area contributed by atoms with E-state index < -0.39 is 97.5 Å². The van der Waals surface area contributed by atoms with Crippen LogP contribution in [-0.4, -0.2) is 96.7 Å². The summed E-state index contributed by atoms with van der Waals surface area (Å²) < 4.78 is 69.1. The molecule has 0 fully saturated rings. The molecule has 0 aromatic carbocycles. The number of phosphoric ester groups is 2. The van der Waals surface area contributed by atoms with Crippen LogP contribution in [0.1, 0.15) is 504 Å². The molecule has 0 saturated carbocycles. The summed E-state index contributed by atoms with van der Waals surface area (Å²) >= 11 is 0. The van der Waals surface area contributed by atoms with Crippen molar-refractivity contribution in [2.24, 2.45) is 11.8 Å². The molecule has 17 nitrogen and oxygen atoms in total. The second kappa shape index (κ2) is 84.1. The van der Waals surface area contributed by atoms with Crippen molar-refractivity contribution in [3.8, 4) is 0 Å². The average molecular weight is 1630 g/mol. The van der Waals surface area contributed by atoms with Crippen molar-refractivity contribution in [2.45, 2.75) is 522 Å². The van der Waals surface area contributed by atoms with E-state index in [-0.39, 0.29) is 25.7 Å². The van der Waals surface area contributed by atoms with Gasteiger partial charge < -0.3 is 33.8 Å². The van der Waals surface area contributed by atoms with Crippen LogP contribution >= 0.6 is 15.6 Å². The van der Waals surface area contributed by atoms with Crippen molar-refractivity contribution in [1.82, 2.24) is 0 Å². The van der Waals surface area contributed by atoms with Gasteiger partial charge in [0.05, 0.1) is 26.4 Å². The van der Waals surface area contributed by atoms with E-state index in [0.29, 0.717) is 25.7 Å². The predicted molar refractivity (Wildman–Crippen MR) is 465 cm³/mol. The number of carbonyl (C=O) groups excluding carboxylic acids is 4. The van der Waals surface area contributed by atoms with Crippen molar-refractivity contribution in [2.75, 3.05) is 39.6 Å². The van der Waals surface area contributed by atoms with Gasteiger partial charge in [-0.05, 0) is 37.5 Å². The lowest BCUT2D eigenvalue weighted by Crippen LogP contribution is -2.30. The quantitative estimate of drug-likeness (QED) is 0.0222. The van der Waals surface area contributed by atoms with Gasteiger partial charge in [0.25, 0.3) is 0 Å². The lowest BCUT2D eigenvalue weighted by Gasteiger charge is -2.21. The highest BCUT2D eigenvalue weighted by Crippen LogP contribution is 2.45. The molecule has 0 aromatic heterocycles. The standard InChI is InChI=1S/C93H182O17P2/c1-7-10-12-14-16-18-20-22-24-26-28-30-32-34-36-41-45-49-53-57-65-71-77-92(97)109-88(81-103-90(95)75-69-63-56-52-48-44-40-35-33-31-29-27-25-23-21-19-17-15-13-11-8-2)83-107-111(99,100)105-79-87(94)80-106-112(101,102)108-84-89(82-104-91(96)76-70-64-60-59-62-68-74-86(6)9-3)110-93(98)78-72-66-58-54-50-46-42-38-37-39-43-47-51-55-61-67-73-85(4)5/h85-89,94H,7-84H2,1-6H3,(H,99,100)(H,101,102)/t86?,87-,88-,89-/m1/s1. The van der Waals surface area contributed by atoms with Crippen LogP contribution in [-0.2, 0) is 65.4 Å². The first-order chi connectivity index (χ1) is 54.4. The molecule has 0 aliphatic rings. The number of rotatable bonds is 92. The summed E-state index contributed by atoms with van der Waals surface area (Å²) in [5.74, 6) is -0.557. The molecule has 0 aliphatic heterocycles. The highest BCUT2D eigenvalue weighted by molar-refractivity contribution is 7.47. The molecule has 0 aliphatic carbocycles. The molecule has 0 bridgehead atoms. The summed E-state index contributed by atoms with van der Waals surface area (Å²) in [6.45, 7) is 9.70. The van der Waals surface area contributed by atoms with E-state index in [1.165, 1.54) is 315 Å². The van der Waals surface area contributed by atoms with Crippen LogP contribution in [0.15, 0.2) is 0 Å². The number of aliphatic hydroxyl groups excluding tert-OH is 1. The summed E-state index contributed by atoms with van der Waals surface area (Å²) in [5.41, 5.74) is 0. The van der Waals surface area contributed by atoms with Gasteiger partial charge in [0, 0.05) is 25.7 Å². The largest absolute Gasteiger partial charge is 0.472 e. The van der Waals surface area contributed by atoms with Crippen LogP contribution in [0, 0.1) is 11.8 Å². The predicted octanol–water partition coefficient (Wildman–Crippen LogP) is 29.0. The van der Waals surface area contributed by atoms with E-state index in [9.17, 15) is 43.2 Å². The molecule has 19 heteroatoms. The summed E-state index contributed by atoms with van der Waals surface area (Å²) in [7, 11) is -9.94. The molecule has 0 amide bonds. The molecule has 0 heterocycles. The molecule has 0 rings (SSSR count). The summed E-state index contributed by atoms with van der Waals surface area (Å²) in [6, 6.07) is 0. The van der Waals surface area contributed by atoms with E-state index in [1.807, 2.05) is 0 Å². The maximum Gasteiger partial charge on any atom is 0.472 e. The maximum atomic E-state index is 13.2. The smallest absolute Gasteiger partial charge is 0.462 e. The molecule has 6 atom stereocenters. The molecule has 112 heavy (non-hydrogen) atoms. The lowest BCUT2D eigenvalue weighted by atomic mass is 10.00. The van der Waals surface area contributed by atoms with Gasteiger partial charge >= 0.3 is 39.5 Å². The Balaban J connectivity index is 5.21. The topological polar surface area (TPSA) is 237 Å². The normalized spacial score (nSPS) is 13.9. The molecule has 3 unspecified atom stereocenters. The average Bonchev–Trinajstić information content (AvgIpc) is 0.898. The molecule has 0 radical (unpaired) electrons. The second-order valence-corrected chi connectivity index (χ2v) is 37.0. The lowest BCUT2D eigenvalue weighted by molar-refractivity contribution is -0.161. The number of phosphoric acid groups is 2. The van der Waals surface area contributed by atoms with E-state index in [0.717, 1.165) is 108 Å². The van der Waals surface area contributed by atoms with Crippen molar-refractivity contribution < 1.29 is 80.2 Å². The van der Waals surface area contributed by atoms with Crippen LogP contribution in [0.5, 0.6) is 0 Å². The van der Waals surface area contributed by atoms with Gasteiger partial charge in [-0.25, -0.2) is 9.13 Å². The number of ether oxygens (including phenoxy) is 4. The van der Waals surface area contributed by atoms with Gasteiger partial charge in [-0.15, -0.1) is 0 Å². The molecule has 0 spiro atoms. The fourth-order valence-corrected chi connectivity index (χ4v) is 16.2. The van der Waals surface area contributed by atoms with Gasteiger partial charge in [-0.3, -0.25) is 37.3 Å². The van der Waals surface area contributed by atoms with Crippen LogP contribution in [0.25, 0.3) is 0 Å². The van der Waals surface area contributed by atoms with E-state index in [1.54, 1.807) is 0 Å². The van der Waals surface area contributed by atoms with Crippen LogP contribution in [0.3, 0.4) is 0 Å². The second-order valence-electron chi connectivity index (χ2n) is 34.1. The highest BCUT2D eigenvalue weighted by atomic mass is 31.2. The van der Waals surface area contributed by atoms with Crippen molar-refractivity contribution in [3.63, 3.8) is 0 Å². The van der Waals surface area contributed by atoms with E-state index >= 15 is 0 Å². The minimum absolute atomic E-state index is 0.107. The zero-order chi connectivity index (χ0) is 82.0. The fourth-order valence-electron chi connectivity index (χ4n) is 14.6.